The van der Waals surface area contributed by atoms with Crippen LogP contribution in [0.2, 0.25) is 10.0 Å². The fourth-order valence-corrected chi connectivity index (χ4v) is 3.18. The monoisotopic (exact) mass is 464 g/mol. The first kappa shape index (κ1) is 21.6. The second kappa shape index (κ2) is 10.1. The summed E-state index contributed by atoms with van der Waals surface area (Å²) in [6.07, 6.45) is 1.53. The number of ether oxygens (including phenoxy) is 1. The molecule has 0 bridgehead atoms. The summed E-state index contributed by atoms with van der Waals surface area (Å²) in [4.78, 5) is 12.3. The van der Waals surface area contributed by atoms with E-state index in [0.29, 0.717) is 33.8 Å². The largest absolute Gasteiger partial charge is 0.489 e. The fourth-order valence-electron chi connectivity index (χ4n) is 2.86. The normalized spacial score (nSPS) is 10.9. The molecule has 1 amide bonds. The number of aromatic amines is 1. The third-order valence-electron chi connectivity index (χ3n) is 4.57. The molecule has 0 saturated carbocycles. The number of benzene rings is 3. The topological polar surface area (TPSA) is 79.4 Å². The van der Waals surface area contributed by atoms with Crippen molar-refractivity contribution in [3.63, 3.8) is 0 Å². The quantitative estimate of drug-likeness (QED) is 0.270. The van der Waals surface area contributed by atoms with Crippen LogP contribution in [0.25, 0.3) is 11.3 Å². The third-order valence-corrected chi connectivity index (χ3v) is 5.20. The van der Waals surface area contributed by atoms with Crippen LogP contribution in [0.1, 0.15) is 21.6 Å². The molecule has 1 aromatic heterocycles. The average Bonchev–Trinajstić information content (AvgIpc) is 3.31. The van der Waals surface area contributed by atoms with Gasteiger partial charge in [0.15, 0.2) is 0 Å². The Hall–Kier alpha value is -3.61. The van der Waals surface area contributed by atoms with Gasteiger partial charge in [-0.1, -0.05) is 53.5 Å². The van der Waals surface area contributed by atoms with E-state index < -0.39 is 5.91 Å². The second-order valence-corrected chi connectivity index (χ2v) is 7.67. The fraction of sp³-hybridized carbons (Fsp3) is 0.0417. The van der Waals surface area contributed by atoms with Crippen molar-refractivity contribution >= 4 is 35.3 Å². The molecule has 1 heterocycles. The number of hydrogen-bond donors (Lipinski definition) is 2. The van der Waals surface area contributed by atoms with Gasteiger partial charge in [-0.2, -0.15) is 10.2 Å². The summed E-state index contributed by atoms with van der Waals surface area (Å²) in [6.45, 7) is 0.377. The zero-order chi connectivity index (χ0) is 22.3. The smallest absolute Gasteiger partial charge is 0.289 e. The van der Waals surface area contributed by atoms with Gasteiger partial charge >= 0.3 is 0 Å². The number of amides is 1. The lowest BCUT2D eigenvalue weighted by Crippen LogP contribution is -2.17. The highest BCUT2D eigenvalue weighted by Crippen LogP contribution is 2.23. The van der Waals surface area contributed by atoms with E-state index in [2.05, 4.69) is 20.7 Å². The maximum absolute atomic E-state index is 12.3. The lowest BCUT2D eigenvalue weighted by atomic mass is 10.1. The van der Waals surface area contributed by atoms with Gasteiger partial charge in [0.25, 0.3) is 5.91 Å². The van der Waals surface area contributed by atoms with E-state index in [1.54, 1.807) is 30.3 Å². The Morgan fingerprint density at radius 2 is 1.78 bits per heavy atom. The summed E-state index contributed by atoms with van der Waals surface area (Å²) in [5, 5.41) is 12.2. The molecule has 0 unspecified atom stereocenters. The minimum absolute atomic E-state index is 0.298. The van der Waals surface area contributed by atoms with Crippen LogP contribution in [0.5, 0.6) is 5.75 Å². The minimum Gasteiger partial charge on any atom is -0.489 e. The molecule has 6 nitrogen and oxygen atoms in total. The van der Waals surface area contributed by atoms with Gasteiger partial charge < -0.3 is 4.74 Å². The number of H-pyrrole nitrogens is 1. The van der Waals surface area contributed by atoms with Crippen molar-refractivity contribution in [3.8, 4) is 17.0 Å². The van der Waals surface area contributed by atoms with E-state index in [1.165, 1.54) is 6.21 Å². The Morgan fingerprint density at radius 3 is 2.53 bits per heavy atom. The van der Waals surface area contributed by atoms with Crippen LogP contribution in [0, 0.1) is 0 Å². The Morgan fingerprint density at radius 1 is 1.03 bits per heavy atom. The summed E-state index contributed by atoms with van der Waals surface area (Å²) >= 11 is 12.0. The van der Waals surface area contributed by atoms with E-state index in [-0.39, 0.29) is 0 Å². The summed E-state index contributed by atoms with van der Waals surface area (Å²) < 4.78 is 5.79. The summed E-state index contributed by atoms with van der Waals surface area (Å²) in [7, 11) is 0. The number of aromatic nitrogens is 2. The van der Waals surface area contributed by atoms with E-state index in [4.69, 9.17) is 27.9 Å². The second-order valence-electron chi connectivity index (χ2n) is 6.82. The molecule has 8 heteroatoms. The number of carbonyl (C=O) groups excluding carboxylic acids is 1. The summed E-state index contributed by atoms with van der Waals surface area (Å²) in [5.41, 5.74) is 5.98. The molecule has 4 rings (SSSR count). The van der Waals surface area contributed by atoms with Gasteiger partial charge in [-0.15, -0.1) is 0 Å². The molecular formula is C24H18Cl2N4O2. The van der Waals surface area contributed by atoms with Crippen LogP contribution >= 0.6 is 23.2 Å². The average molecular weight is 465 g/mol. The first-order valence-electron chi connectivity index (χ1n) is 9.69. The van der Waals surface area contributed by atoms with E-state index in [1.807, 2.05) is 48.5 Å². The summed E-state index contributed by atoms with van der Waals surface area (Å²) in [5.74, 6) is 0.312. The maximum Gasteiger partial charge on any atom is 0.289 e. The Bertz CT molecular complexity index is 1240. The van der Waals surface area contributed by atoms with Crippen molar-refractivity contribution in [1.29, 1.82) is 0 Å². The molecule has 0 spiro atoms. The number of nitrogens with zero attached hydrogens (tertiary/aromatic N) is 2. The van der Waals surface area contributed by atoms with Crippen LogP contribution in [-0.2, 0) is 6.61 Å². The standard InChI is InChI=1S/C24H18Cl2N4O2/c25-19-9-5-16(6-10-19)14-27-30-24(31)23-13-22(28-29-23)17-7-11-20(12-8-17)32-15-18-3-1-2-4-21(18)26/h1-14H,15H2,(H,28,29)(H,30,31). The van der Waals surface area contributed by atoms with Gasteiger partial charge in [0.1, 0.15) is 18.1 Å². The number of halogens is 2. The van der Waals surface area contributed by atoms with Crippen molar-refractivity contribution < 1.29 is 9.53 Å². The molecule has 0 aliphatic heterocycles. The summed E-state index contributed by atoms with van der Waals surface area (Å²) in [6, 6.07) is 23.7. The van der Waals surface area contributed by atoms with Crippen molar-refractivity contribution in [3.05, 3.63) is 106 Å². The van der Waals surface area contributed by atoms with Gasteiger partial charge in [0.05, 0.1) is 11.9 Å². The minimum atomic E-state index is -0.395. The molecule has 0 aliphatic carbocycles. The van der Waals surface area contributed by atoms with Gasteiger partial charge in [-0.25, -0.2) is 5.43 Å². The molecule has 0 atom stereocenters. The first-order valence-corrected chi connectivity index (χ1v) is 10.4. The molecule has 160 valence electrons. The van der Waals surface area contributed by atoms with Crippen LogP contribution in [-0.4, -0.2) is 22.3 Å². The predicted octanol–water partition coefficient (Wildman–Crippen LogP) is 5.73. The van der Waals surface area contributed by atoms with Crippen molar-refractivity contribution in [2.24, 2.45) is 5.10 Å². The lowest BCUT2D eigenvalue weighted by Gasteiger charge is -2.08. The molecule has 32 heavy (non-hydrogen) atoms. The molecule has 2 N–H and O–H groups in total. The van der Waals surface area contributed by atoms with Gasteiger partial charge in [-0.05, 0) is 54.1 Å². The Labute approximate surface area is 194 Å². The highest BCUT2D eigenvalue weighted by Gasteiger charge is 2.10. The number of rotatable bonds is 7. The van der Waals surface area contributed by atoms with E-state index >= 15 is 0 Å². The van der Waals surface area contributed by atoms with Crippen LogP contribution < -0.4 is 10.2 Å². The van der Waals surface area contributed by atoms with Gasteiger partial charge in [0.2, 0.25) is 0 Å². The molecule has 0 saturated heterocycles. The highest BCUT2D eigenvalue weighted by molar-refractivity contribution is 6.31. The van der Waals surface area contributed by atoms with Crippen LogP contribution in [0.4, 0.5) is 0 Å². The number of hydrogen-bond acceptors (Lipinski definition) is 4. The van der Waals surface area contributed by atoms with Crippen LogP contribution in [0.15, 0.2) is 84.0 Å². The third kappa shape index (κ3) is 5.55. The number of nitrogens with one attached hydrogen (secondary N) is 2. The van der Waals surface area contributed by atoms with E-state index in [0.717, 1.165) is 16.7 Å². The first-order chi connectivity index (χ1) is 15.6. The van der Waals surface area contributed by atoms with Crippen molar-refractivity contribution in [2.45, 2.75) is 6.61 Å². The molecule has 4 aromatic rings. The van der Waals surface area contributed by atoms with Crippen molar-refractivity contribution in [2.75, 3.05) is 0 Å². The van der Waals surface area contributed by atoms with Crippen LogP contribution in [0.3, 0.4) is 0 Å². The van der Waals surface area contributed by atoms with Gasteiger partial charge in [-0.3, -0.25) is 9.89 Å². The number of carbonyl (C=O) groups is 1. The molecular weight excluding hydrogens is 447 g/mol. The number of hydrazone groups is 1. The predicted molar refractivity (Wildman–Crippen MR) is 126 cm³/mol. The van der Waals surface area contributed by atoms with Gasteiger partial charge in [0, 0.05) is 21.2 Å². The zero-order valence-corrected chi connectivity index (χ0v) is 18.3. The molecule has 3 aromatic carbocycles. The lowest BCUT2D eigenvalue weighted by molar-refractivity contribution is 0.0950. The molecule has 0 fully saturated rings. The Balaban J connectivity index is 1.34. The molecule has 0 aliphatic rings. The SMILES string of the molecule is O=C(NN=Cc1ccc(Cl)cc1)c1cc(-c2ccc(OCc3ccccc3Cl)cc2)n[nH]1. The Kier molecular flexibility index (Phi) is 6.84. The zero-order valence-electron chi connectivity index (χ0n) is 16.8. The van der Waals surface area contributed by atoms with E-state index in [9.17, 15) is 4.79 Å². The highest BCUT2D eigenvalue weighted by atomic mass is 35.5. The van der Waals surface area contributed by atoms with Crippen molar-refractivity contribution in [1.82, 2.24) is 15.6 Å². The maximum atomic E-state index is 12.3. The molecule has 0 radical (unpaired) electrons.